The second kappa shape index (κ2) is 5.51. The van der Waals surface area contributed by atoms with Crippen LogP contribution in [0.5, 0.6) is 0 Å². The number of pyridine rings is 1. The lowest BCUT2D eigenvalue weighted by molar-refractivity contribution is 0.101. The lowest BCUT2D eigenvalue weighted by Crippen LogP contribution is -2.36. The van der Waals surface area contributed by atoms with Crippen molar-refractivity contribution in [3.8, 4) is 0 Å². The van der Waals surface area contributed by atoms with Crippen LogP contribution in [0.15, 0.2) is 18.3 Å². The van der Waals surface area contributed by atoms with Crippen LogP contribution in [0, 0.1) is 5.92 Å². The normalized spacial score (nSPS) is 23.7. The van der Waals surface area contributed by atoms with Gasteiger partial charge in [0.1, 0.15) is 5.82 Å². The third-order valence-corrected chi connectivity index (χ3v) is 4.03. The van der Waals surface area contributed by atoms with E-state index in [9.17, 15) is 4.79 Å². The Morgan fingerprint density at radius 2 is 2.00 bits per heavy atom. The van der Waals surface area contributed by atoms with Gasteiger partial charge in [-0.2, -0.15) is 0 Å². The molecule has 1 heterocycles. The molecule has 0 N–H and O–H groups in total. The molecule has 1 aliphatic rings. The summed E-state index contributed by atoms with van der Waals surface area (Å²) in [6, 6.07) is 4.22. The lowest BCUT2D eigenvalue weighted by Gasteiger charge is -2.35. The van der Waals surface area contributed by atoms with Crippen LogP contribution in [0.4, 0.5) is 5.82 Å². The van der Waals surface area contributed by atoms with Crippen molar-refractivity contribution in [2.24, 2.45) is 5.92 Å². The predicted octanol–water partition coefficient (Wildman–Crippen LogP) is 3.30. The van der Waals surface area contributed by atoms with Gasteiger partial charge >= 0.3 is 0 Å². The number of anilines is 1. The van der Waals surface area contributed by atoms with Gasteiger partial charge in [-0.15, -0.1) is 0 Å². The third kappa shape index (κ3) is 2.71. The highest BCUT2D eigenvalue weighted by molar-refractivity contribution is 5.98. The van der Waals surface area contributed by atoms with Crippen molar-refractivity contribution in [2.45, 2.75) is 45.6 Å². The third-order valence-electron chi connectivity index (χ3n) is 4.03. The van der Waals surface area contributed by atoms with Gasteiger partial charge in [-0.05, 0) is 50.7 Å². The van der Waals surface area contributed by atoms with Gasteiger partial charge < -0.3 is 4.90 Å². The average Bonchev–Trinajstić information content (AvgIpc) is 2.39. The van der Waals surface area contributed by atoms with Gasteiger partial charge in [0.05, 0.1) is 5.56 Å². The van der Waals surface area contributed by atoms with Crippen molar-refractivity contribution in [1.82, 2.24) is 4.98 Å². The highest BCUT2D eigenvalue weighted by atomic mass is 16.1. The molecule has 2 rings (SSSR count). The van der Waals surface area contributed by atoms with Gasteiger partial charge in [0.15, 0.2) is 5.78 Å². The van der Waals surface area contributed by atoms with E-state index < -0.39 is 0 Å². The Kier molecular flexibility index (Phi) is 4.00. The first-order chi connectivity index (χ1) is 8.59. The summed E-state index contributed by atoms with van der Waals surface area (Å²) in [5, 5.41) is 0. The molecule has 1 fully saturated rings. The summed E-state index contributed by atoms with van der Waals surface area (Å²) in [5.74, 6) is 1.77. The average molecular weight is 246 g/mol. The van der Waals surface area contributed by atoms with Crippen molar-refractivity contribution in [3.05, 3.63) is 23.9 Å². The number of nitrogens with zero attached hydrogens (tertiary/aromatic N) is 2. The number of hydrogen-bond acceptors (Lipinski definition) is 3. The Hall–Kier alpha value is -1.38. The van der Waals surface area contributed by atoms with Crippen LogP contribution >= 0.6 is 0 Å². The van der Waals surface area contributed by atoms with E-state index in [0.717, 1.165) is 17.3 Å². The molecule has 1 saturated carbocycles. The molecule has 0 spiro atoms. The SMILES string of the molecule is CC(=O)c1cccnc1N(C)C1CCC(C)CC1. The van der Waals surface area contributed by atoms with Crippen LogP contribution in [0.25, 0.3) is 0 Å². The Labute approximate surface area is 109 Å². The minimum atomic E-state index is 0.0918. The van der Waals surface area contributed by atoms with E-state index in [1.165, 1.54) is 25.7 Å². The fourth-order valence-corrected chi connectivity index (χ4v) is 2.76. The van der Waals surface area contributed by atoms with Gasteiger partial charge in [0, 0.05) is 19.3 Å². The molecule has 0 saturated heterocycles. The van der Waals surface area contributed by atoms with Gasteiger partial charge in [-0.3, -0.25) is 4.79 Å². The minimum Gasteiger partial charge on any atom is -0.356 e. The number of ketones is 1. The summed E-state index contributed by atoms with van der Waals surface area (Å²) < 4.78 is 0. The number of hydrogen-bond donors (Lipinski definition) is 0. The quantitative estimate of drug-likeness (QED) is 0.767. The molecule has 0 aromatic carbocycles. The molecule has 1 aromatic heterocycles. The molecule has 0 radical (unpaired) electrons. The summed E-state index contributed by atoms with van der Waals surface area (Å²) in [4.78, 5) is 18.2. The lowest BCUT2D eigenvalue weighted by atomic mass is 9.86. The summed E-state index contributed by atoms with van der Waals surface area (Å²) in [5.41, 5.74) is 0.735. The number of Topliss-reactive ketones (excluding diaryl/α,β-unsaturated/α-hetero) is 1. The van der Waals surface area contributed by atoms with Crippen LogP contribution in [0.1, 0.15) is 49.9 Å². The van der Waals surface area contributed by atoms with Crippen LogP contribution in [-0.4, -0.2) is 23.9 Å². The molecule has 1 aromatic rings. The second-order valence-electron chi connectivity index (χ2n) is 5.46. The van der Waals surface area contributed by atoms with Crippen molar-refractivity contribution in [2.75, 3.05) is 11.9 Å². The smallest absolute Gasteiger partial charge is 0.163 e. The molecule has 0 unspecified atom stereocenters. The standard InChI is InChI=1S/C15H22N2O/c1-11-6-8-13(9-7-11)17(3)15-14(12(2)18)5-4-10-16-15/h4-5,10-11,13H,6-9H2,1-3H3. The van der Waals surface area contributed by atoms with Gasteiger partial charge in [0.2, 0.25) is 0 Å². The maximum absolute atomic E-state index is 11.6. The van der Waals surface area contributed by atoms with E-state index in [0.29, 0.717) is 6.04 Å². The van der Waals surface area contributed by atoms with E-state index in [1.807, 2.05) is 12.1 Å². The highest BCUT2D eigenvalue weighted by Crippen LogP contribution is 2.29. The Bertz CT molecular complexity index is 422. The first-order valence-corrected chi connectivity index (χ1v) is 6.78. The van der Waals surface area contributed by atoms with E-state index in [2.05, 4.69) is 23.9 Å². The number of carbonyl (C=O) groups is 1. The Balaban J connectivity index is 2.18. The van der Waals surface area contributed by atoms with E-state index >= 15 is 0 Å². The Morgan fingerprint density at radius 3 is 2.61 bits per heavy atom. The van der Waals surface area contributed by atoms with Crippen LogP contribution in [-0.2, 0) is 0 Å². The second-order valence-corrected chi connectivity index (χ2v) is 5.46. The van der Waals surface area contributed by atoms with Crippen molar-refractivity contribution in [3.63, 3.8) is 0 Å². The van der Waals surface area contributed by atoms with Crippen LogP contribution in [0.3, 0.4) is 0 Å². The molecule has 0 aliphatic heterocycles. The fraction of sp³-hybridized carbons (Fsp3) is 0.600. The molecule has 3 heteroatoms. The molecule has 18 heavy (non-hydrogen) atoms. The summed E-state index contributed by atoms with van der Waals surface area (Å²) in [7, 11) is 2.06. The first-order valence-electron chi connectivity index (χ1n) is 6.78. The minimum absolute atomic E-state index is 0.0918. The van der Waals surface area contributed by atoms with Crippen molar-refractivity contribution < 1.29 is 4.79 Å². The predicted molar refractivity (Wildman–Crippen MR) is 74.1 cm³/mol. The molecular formula is C15H22N2O. The molecule has 0 amide bonds. The van der Waals surface area contributed by atoms with Crippen LogP contribution < -0.4 is 4.90 Å². The number of rotatable bonds is 3. The largest absolute Gasteiger partial charge is 0.356 e. The first kappa shape index (κ1) is 13.1. The van der Waals surface area contributed by atoms with E-state index in [1.54, 1.807) is 13.1 Å². The molecule has 98 valence electrons. The maximum Gasteiger partial charge on any atom is 0.163 e. The van der Waals surface area contributed by atoms with E-state index in [4.69, 9.17) is 0 Å². The van der Waals surface area contributed by atoms with Crippen LogP contribution in [0.2, 0.25) is 0 Å². The molecular weight excluding hydrogens is 224 g/mol. The monoisotopic (exact) mass is 246 g/mol. The Morgan fingerprint density at radius 1 is 1.33 bits per heavy atom. The van der Waals surface area contributed by atoms with Crippen molar-refractivity contribution in [1.29, 1.82) is 0 Å². The molecule has 1 aliphatic carbocycles. The summed E-state index contributed by atoms with van der Waals surface area (Å²) >= 11 is 0. The zero-order valence-corrected chi connectivity index (χ0v) is 11.5. The van der Waals surface area contributed by atoms with Gasteiger partial charge in [0.25, 0.3) is 0 Å². The maximum atomic E-state index is 11.6. The summed E-state index contributed by atoms with van der Waals surface area (Å²) in [6.07, 6.45) is 6.72. The topological polar surface area (TPSA) is 33.2 Å². The van der Waals surface area contributed by atoms with Gasteiger partial charge in [-0.25, -0.2) is 4.98 Å². The number of aromatic nitrogens is 1. The molecule has 0 bridgehead atoms. The molecule has 3 nitrogen and oxygen atoms in total. The van der Waals surface area contributed by atoms with Gasteiger partial charge in [-0.1, -0.05) is 6.92 Å². The summed E-state index contributed by atoms with van der Waals surface area (Å²) in [6.45, 7) is 3.93. The number of carbonyl (C=O) groups excluding carboxylic acids is 1. The van der Waals surface area contributed by atoms with Crippen molar-refractivity contribution >= 4 is 11.6 Å². The highest BCUT2D eigenvalue weighted by Gasteiger charge is 2.24. The molecule has 0 atom stereocenters. The zero-order valence-electron chi connectivity index (χ0n) is 11.5. The van der Waals surface area contributed by atoms with E-state index in [-0.39, 0.29) is 5.78 Å². The zero-order chi connectivity index (χ0) is 13.1. The fourth-order valence-electron chi connectivity index (χ4n) is 2.76.